The summed E-state index contributed by atoms with van der Waals surface area (Å²) in [7, 11) is 0. The van der Waals surface area contributed by atoms with Gasteiger partial charge in [-0.1, -0.05) is 35.3 Å². The number of halogens is 2. The molecule has 0 saturated heterocycles. The Morgan fingerprint density at radius 3 is 2.40 bits per heavy atom. The molecule has 4 nitrogen and oxygen atoms in total. The molecule has 1 amide bonds. The summed E-state index contributed by atoms with van der Waals surface area (Å²) in [6.07, 6.45) is 1.57. The maximum atomic E-state index is 12.9. The van der Waals surface area contributed by atoms with Crippen molar-refractivity contribution < 1.29 is 14.3 Å². The van der Waals surface area contributed by atoms with E-state index in [1.165, 1.54) is 0 Å². The second-order valence-corrected chi connectivity index (χ2v) is 6.35. The van der Waals surface area contributed by atoms with Crippen LogP contribution in [0.2, 0.25) is 10.0 Å². The van der Waals surface area contributed by atoms with Gasteiger partial charge >= 0.3 is 0 Å². The van der Waals surface area contributed by atoms with Crippen molar-refractivity contribution in [2.75, 3.05) is 0 Å². The first-order valence-corrected chi connectivity index (χ1v) is 8.33. The van der Waals surface area contributed by atoms with E-state index in [9.17, 15) is 9.90 Å². The highest BCUT2D eigenvalue weighted by atomic mass is 35.5. The lowest BCUT2D eigenvalue weighted by molar-refractivity contribution is 0.0717. The summed E-state index contributed by atoms with van der Waals surface area (Å²) < 4.78 is 5.37. The van der Waals surface area contributed by atoms with E-state index in [0.29, 0.717) is 34.5 Å². The Kier molecular flexibility index (Phi) is 5.31. The first-order chi connectivity index (χ1) is 12.0. The number of rotatable bonds is 5. The van der Waals surface area contributed by atoms with Gasteiger partial charge in [-0.2, -0.15) is 0 Å². The van der Waals surface area contributed by atoms with E-state index >= 15 is 0 Å². The number of hydrogen-bond donors (Lipinski definition) is 1. The van der Waals surface area contributed by atoms with Crippen LogP contribution in [-0.2, 0) is 13.1 Å². The minimum Gasteiger partial charge on any atom is -0.508 e. The highest BCUT2D eigenvalue weighted by Gasteiger charge is 2.19. The van der Waals surface area contributed by atoms with Crippen LogP contribution in [0.1, 0.15) is 21.7 Å². The summed E-state index contributed by atoms with van der Waals surface area (Å²) in [5, 5.41) is 10.1. The van der Waals surface area contributed by atoms with Gasteiger partial charge in [0.25, 0.3) is 5.91 Å². The van der Waals surface area contributed by atoms with Crippen molar-refractivity contribution in [1.29, 1.82) is 0 Å². The third kappa shape index (κ3) is 4.35. The normalized spacial score (nSPS) is 10.6. The van der Waals surface area contributed by atoms with Crippen molar-refractivity contribution >= 4 is 29.1 Å². The van der Waals surface area contributed by atoms with Gasteiger partial charge in [0.15, 0.2) is 0 Å². The van der Waals surface area contributed by atoms with E-state index in [0.717, 1.165) is 5.56 Å². The van der Waals surface area contributed by atoms with Gasteiger partial charge in [-0.3, -0.25) is 4.79 Å². The summed E-state index contributed by atoms with van der Waals surface area (Å²) in [4.78, 5) is 14.6. The number of phenols is 1. The number of carbonyl (C=O) groups excluding carboxylic acids is 1. The largest absolute Gasteiger partial charge is 0.508 e. The van der Waals surface area contributed by atoms with E-state index in [1.807, 2.05) is 6.07 Å². The quantitative estimate of drug-likeness (QED) is 0.671. The molecule has 1 N–H and O–H groups in total. The van der Waals surface area contributed by atoms with Crippen LogP contribution in [0.15, 0.2) is 65.3 Å². The highest BCUT2D eigenvalue weighted by molar-refractivity contribution is 6.42. The number of carbonyl (C=O) groups is 1. The molecule has 0 fully saturated rings. The summed E-state index contributed by atoms with van der Waals surface area (Å²) in [6, 6.07) is 15.1. The molecule has 0 bridgehead atoms. The molecule has 0 atom stereocenters. The Labute approximate surface area is 155 Å². The fraction of sp³-hybridized carbons (Fsp3) is 0.105. The van der Waals surface area contributed by atoms with Crippen LogP contribution in [0.3, 0.4) is 0 Å². The third-order valence-corrected chi connectivity index (χ3v) is 4.43. The van der Waals surface area contributed by atoms with Crippen molar-refractivity contribution in [1.82, 2.24) is 4.90 Å². The Morgan fingerprint density at radius 2 is 1.76 bits per heavy atom. The van der Waals surface area contributed by atoms with Crippen LogP contribution in [0, 0.1) is 0 Å². The van der Waals surface area contributed by atoms with E-state index in [1.54, 1.807) is 59.7 Å². The topological polar surface area (TPSA) is 53.7 Å². The maximum absolute atomic E-state index is 12.9. The third-order valence-electron chi connectivity index (χ3n) is 3.69. The number of amides is 1. The van der Waals surface area contributed by atoms with Crippen molar-refractivity contribution in [2.24, 2.45) is 0 Å². The molecule has 0 saturated carbocycles. The molecule has 1 heterocycles. The maximum Gasteiger partial charge on any atom is 0.254 e. The van der Waals surface area contributed by atoms with E-state index in [2.05, 4.69) is 0 Å². The molecule has 0 aliphatic heterocycles. The molecule has 0 aliphatic carbocycles. The molecule has 0 spiro atoms. The molecule has 2 aromatic carbocycles. The predicted molar refractivity (Wildman–Crippen MR) is 96.9 cm³/mol. The average molecular weight is 376 g/mol. The molecule has 3 aromatic rings. The monoisotopic (exact) mass is 375 g/mol. The summed E-state index contributed by atoms with van der Waals surface area (Å²) >= 11 is 12.0. The van der Waals surface area contributed by atoms with Gasteiger partial charge in [-0.15, -0.1) is 0 Å². The van der Waals surface area contributed by atoms with Gasteiger partial charge in [0.1, 0.15) is 11.5 Å². The van der Waals surface area contributed by atoms with Crippen LogP contribution in [0.4, 0.5) is 0 Å². The molecule has 25 heavy (non-hydrogen) atoms. The van der Waals surface area contributed by atoms with Crippen LogP contribution in [0.25, 0.3) is 0 Å². The van der Waals surface area contributed by atoms with Gasteiger partial charge in [0, 0.05) is 12.1 Å². The molecule has 6 heteroatoms. The summed E-state index contributed by atoms with van der Waals surface area (Å²) in [5.74, 6) is 0.660. The molecule has 0 radical (unpaired) electrons. The van der Waals surface area contributed by atoms with Gasteiger partial charge in [0.2, 0.25) is 0 Å². The molecule has 1 aromatic heterocycles. The minimum absolute atomic E-state index is 0.178. The Hall–Kier alpha value is -2.43. The molecule has 128 valence electrons. The molecule has 3 rings (SSSR count). The second-order valence-electron chi connectivity index (χ2n) is 5.54. The predicted octanol–water partition coefficient (Wildman–Crippen LogP) is 5.13. The number of furan rings is 1. The number of hydrogen-bond acceptors (Lipinski definition) is 3. The SMILES string of the molecule is O=C(c1ccc(Cl)c(Cl)c1)N(Cc1ccc(O)cc1)Cc1ccco1. The number of benzene rings is 2. The zero-order valence-electron chi connectivity index (χ0n) is 13.2. The van der Waals surface area contributed by atoms with E-state index in [-0.39, 0.29) is 11.7 Å². The number of nitrogens with zero attached hydrogens (tertiary/aromatic N) is 1. The Balaban J connectivity index is 1.87. The summed E-state index contributed by atoms with van der Waals surface area (Å²) in [6.45, 7) is 0.674. The zero-order valence-corrected chi connectivity index (χ0v) is 14.7. The van der Waals surface area contributed by atoms with Gasteiger partial charge in [0.05, 0.1) is 22.9 Å². The number of phenolic OH excluding ortho intramolecular Hbond substituents is 1. The van der Waals surface area contributed by atoms with Gasteiger partial charge < -0.3 is 14.4 Å². The first kappa shape index (κ1) is 17.4. The van der Waals surface area contributed by atoms with Crippen LogP contribution < -0.4 is 0 Å². The summed E-state index contributed by atoms with van der Waals surface area (Å²) in [5.41, 5.74) is 1.33. The van der Waals surface area contributed by atoms with Crippen LogP contribution in [0.5, 0.6) is 5.75 Å². The van der Waals surface area contributed by atoms with Gasteiger partial charge in [-0.05, 0) is 48.0 Å². The van der Waals surface area contributed by atoms with Crippen molar-refractivity contribution in [3.05, 3.63) is 87.8 Å². The van der Waals surface area contributed by atoms with Crippen molar-refractivity contribution in [3.63, 3.8) is 0 Å². The average Bonchev–Trinajstić information content (AvgIpc) is 3.11. The van der Waals surface area contributed by atoms with Crippen LogP contribution in [-0.4, -0.2) is 15.9 Å². The number of aromatic hydroxyl groups is 1. The molecule has 0 unspecified atom stereocenters. The molecular formula is C19H15Cl2NO3. The molecule has 0 aliphatic rings. The Bertz CT molecular complexity index is 861. The lowest BCUT2D eigenvalue weighted by Crippen LogP contribution is -2.30. The van der Waals surface area contributed by atoms with Gasteiger partial charge in [-0.25, -0.2) is 0 Å². The smallest absolute Gasteiger partial charge is 0.254 e. The first-order valence-electron chi connectivity index (χ1n) is 7.57. The second kappa shape index (κ2) is 7.64. The fourth-order valence-corrected chi connectivity index (χ4v) is 2.72. The van der Waals surface area contributed by atoms with E-state index in [4.69, 9.17) is 27.6 Å². The Morgan fingerprint density at radius 1 is 1.00 bits per heavy atom. The fourth-order valence-electron chi connectivity index (χ4n) is 2.42. The van der Waals surface area contributed by atoms with Crippen molar-refractivity contribution in [3.8, 4) is 5.75 Å². The van der Waals surface area contributed by atoms with Crippen molar-refractivity contribution in [2.45, 2.75) is 13.1 Å². The minimum atomic E-state index is -0.192. The zero-order chi connectivity index (χ0) is 17.8. The lowest BCUT2D eigenvalue weighted by Gasteiger charge is -2.22. The molecular weight excluding hydrogens is 361 g/mol. The lowest BCUT2D eigenvalue weighted by atomic mass is 10.1. The van der Waals surface area contributed by atoms with E-state index < -0.39 is 0 Å². The highest BCUT2D eigenvalue weighted by Crippen LogP contribution is 2.24. The van der Waals surface area contributed by atoms with Crippen LogP contribution >= 0.6 is 23.2 Å². The standard InChI is InChI=1S/C19H15Cl2NO3/c20-17-8-5-14(10-18(17)21)19(24)22(12-16-2-1-9-25-16)11-13-3-6-15(23)7-4-13/h1-10,23H,11-12H2.